The topological polar surface area (TPSA) is 125 Å². The minimum absolute atomic E-state index is 0.0274. The second kappa shape index (κ2) is 6.32. The standard InChI is InChI=1S/C17H20N10/c1-7-26-15-13(14(17(3,4)5)24-27(15)10(2)23-26)21-22-16-20-11(8-18)12(9-19)25(16)6/h7H2,1-6H3. The van der Waals surface area contributed by atoms with E-state index in [2.05, 4.69) is 46.2 Å². The van der Waals surface area contributed by atoms with Gasteiger partial charge in [-0.1, -0.05) is 20.8 Å². The molecule has 0 bridgehead atoms. The normalized spacial score (nSPS) is 12.0. The van der Waals surface area contributed by atoms with Crippen LogP contribution in [0.1, 0.15) is 50.6 Å². The van der Waals surface area contributed by atoms with Crippen molar-refractivity contribution in [2.24, 2.45) is 17.3 Å². The summed E-state index contributed by atoms with van der Waals surface area (Å²) in [5, 5.41) is 36.1. The monoisotopic (exact) mass is 364 g/mol. The van der Waals surface area contributed by atoms with E-state index in [9.17, 15) is 5.26 Å². The van der Waals surface area contributed by atoms with Gasteiger partial charge in [0.1, 0.15) is 18.0 Å². The van der Waals surface area contributed by atoms with Crippen LogP contribution in [0.25, 0.3) is 5.65 Å². The van der Waals surface area contributed by atoms with Crippen molar-refractivity contribution in [3.05, 3.63) is 22.9 Å². The Hall–Kier alpha value is -3.53. The molecule has 0 aromatic carbocycles. The number of azo groups is 1. The summed E-state index contributed by atoms with van der Waals surface area (Å²) in [4.78, 5) is 4.09. The SMILES string of the molecule is CCn1nc(C)n2nc(C(C)(C)C)c(N=Nc3nc(C#N)c(C#N)n3C)c12. The predicted molar refractivity (Wildman–Crippen MR) is 96.9 cm³/mol. The highest BCUT2D eigenvalue weighted by molar-refractivity contribution is 5.69. The third-order valence-corrected chi connectivity index (χ3v) is 4.19. The highest BCUT2D eigenvalue weighted by Crippen LogP contribution is 2.35. The van der Waals surface area contributed by atoms with Crippen LogP contribution in [-0.2, 0) is 19.0 Å². The van der Waals surface area contributed by atoms with Crippen LogP contribution in [-0.4, -0.2) is 28.9 Å². The lowest BCUT2D eigenvalue weighted by Gasteiger charge is -2.15. The first-order valence-electron chi connectivity index (χ1n) is 8.48. The highest BCUT2D eigenvalue weighted by Gasteiger charge is 2.28. The van der Waals surface area contributed by atoms with Crippen LogP contribution in [0.4, 0.5) is 11.6 Å². The van der Waals surface area contributed by atoms with Crippen LogP contribution in [0.15, 0.2) is 10.2 Å². The number of aromatic nitrogens is 6. The van der Waals surface area contributed by atoms with Gasteiger partial charge in [-0.2, -0.15) is 30.2 Å². The van der Waals surface area contributed by atoms with E-state index >= 15 is 0 Å². The van der Waals surface area contributed by atoms with E-state index in [1.165, 1.54) is 4.57 Å². The third-order valence-electron chi connectivity index (χ3n) is 4.19. The van der Waals surface area contributed by atoms with Crippen molar-refractivity contribution in [3.8, 4) is 12.1 Å². The maximum Gasteiger partial charge on any atom is 0.251 e. The van der Waals surface area contributed by atoms with Gasteiger partial charge in [-0.05, 0) is 13.8 Å². The molecule has 0 aliphatic heterocycles. The summed E-state index contributed by atoms with van der Waals surface area (Å²) in [7, 11) is 1.62. The molecule has 0 atom stereocenters. The predicted octanol–water partition coefficient (Wildman–Crippen LogP) is 3.05. The fourth-order valence-electron chi connectivity index (χ4n) is 2.82. The molecule has 3 aromatic heterocycles. The molecule has 0 fully saturated rings. The van der Waals surface area contributed by atoms with E-state index in [0.717, 1.165) is 17.2 Å². The summed E-state index contributed by atoms with van der Waals surface area (Å²) in [6.07, 6.45) is 0. The summed E-state index contributed by atoms with van der Waals surface area (Å²) >= 11 is 0. The van der Waals surface area contributed by atoms with E-state index in [0.29, 0.717) is 12.2 Å². The van der Waals surface area contributed by atoms with Crippen molar-refractivity contribution < 1.29 is 0 Å². The van der Waals surface area contributed by atoms with E-state index in [4.69, 9.17) is 5.26 Å². The maximum atomic E-state index is 9.20. The fraction of sp³-hybridized carbons (Fsp3) is 0.471. The van der Waals surface area contributed by atoms with Crippen molar-refractivity contribution in [3.63, 3.8) is 0 Å². The Balaban J connectivity index is 2.23. The number of nitrogens with zero attached hydrogens (tertiary/aromatic N) is 10. The molecule has 0 unspecified atom stereocenters. The van der Waals surface area contributed by atoms with Crippen LogP contribution < -0.4 is 0 Å². The van der Waals surface area contributed by atoms with Gasteiger partial charge in [0.15, 0.2) is 22.7 Å². The lowest BCUT2D eigenvalue weighted by atomic mass is 9.91. The van der Waals surface area contributed by atoms with Crippen molar-refractivity contribution >= 4 is 17.3 Å². The molecule has 3 aromatic rings. The zero-order valence-electron chi connectivity index (χ0n) is 16.2. The van der Waals surface area contributed by atoms with Gasteiger partial charge in [0.25, 0.3) is 5.95 Å². The summed E-state index contributed by atoms with van der Waals surface area (Å²) in [5.41, 5.74) is 2.05. The molecule has 0 aliphatic rings. The number of rotatable bonds is 3. The Kier molecular flexibility index (Phi) is 4.28. The molecule has 0 spiro atoms. The molecule has 3 rings (SSSR count). The molecular formula is C17H20N10. The second-order valence-electron chi connectivity index (χ2n) is 7.14. The van der Waals surface area contributed by atoms with Gasteiger partial charge in [0.2, 0.25) is 0 Å². The minimum atomic E-state index is -0.261. The third kappa shape index (κ3) is 2.85. The summed E-state index contributed by atoms with van der Waals surface area (Å²) in [6, 6.07) is 3.86. The maximum absolute atomic E-state index is 9.20. The number of fused-ring (bicyclic) bond motifs is 1. The van der Waals surface area contributed by atoms with Crippen molar-refractivity contribution in [1.82, 2.24) is 28.9 Å². The molecule has 0 aliphatic carbocycles. The largest absolute Gasteiger partial charge is 0.301 e. The summed E-state index contributed by atoms with van der Waals surface area (Å²) < 4.78 is 5.03. The minimum Gasteiger partial charge on any atom is -0.301 e. The molecule has 27 heavy (non-hydrogen) atoms. The lowest BCUT2D eigenvalue weighted by Crippen LogP contribution is -2.12. The molecule has 0 radical (unpaired) electrons. The quantitative estimate of drug-likeness (QED) is 0.660. The Morgan fingerprint density at radius 3 is 2.33 bits per heavy atom. The van der Waals surface area contributed by atoms with Gasteiger partial charge in [-0.3, -0.25) is 0 Å². The number of aryl methyl sites for hydroxylation is 2. The summed E-state index contributed by atoms with van der Waals surface area (Å²) in [5.74, 6) is 0.941. The molecular weight excluding hydrogens is 344 g/mol. The molecule has 0 saturated carbocycles. The van der Waals surface area contributed by atoms with Crippen LogP contribution in [0, 0.1) is 29.6 Å². The zero-order chi connectivity index (χ0) is 19.9. The number of nitriles is 2. The Labute approximate surface area is 156 Å². The molecule has 3 heterocycles. The van der Waals surface area contributed by atoms with Gasteiger partial charge in [-0.15, -0.1) is 10.2 Å². The molecule has 10 heteroatoms. The fourth-order valence-corrected chi connectivity index (χ4v) is 2.82. The summed E-state index contributed by atoms with van der Waals surface area (Å²) in [6.45, 7) is 10.7. The van der Waals surface area contributed by atoms with Crippen LogP contribution in [0.2, 0.25) is 0 Å². The molecule has 0 N–H and O–H groups in total. The van der Waals surface area contributed by atoms with E-state index in [1.54, 1.807) is 11.6 Å². The Bertz CT molecular complexity index is 1130. The number of hydrogen-bond donors (Lipinski definition) is 0. The van der Waals surface area contributed by atoms with Crippen molar-refractivity contribution in [2.75, 3.05) is 0 Å². The molecule has 138 valence electrons. The van der Waals surface area contributed by atoms with E-state index in [-0.39, 0.29) is 22.8 Å². The molecule has 0 amide bonds. The first-order valence-corrected chi connectivity index (χ1v) is 8.48. The van der Waals surface area contributed by atoms with Crippen LogP contribution in [0.3, 0.4) is 0 Å². The smallest absolute Gasteiger partial charge is 0.251 e. The first kappa shape index (κ1) is 18.3. The average Bonchev–Trinajstić information content (AvgIpc) is 3.24. The van der Waals surface area contributed by atoms with Crippen LogP contribution >= 0.6 is 0 Å². The number of imidazole rings is 1. The van der Waals surface area contributed by atoms with Gasteiger partial charge < -0.3 is 4.57 Å². The second-order valence-corrected chi connectivity index (χ2v) is 7.14. The van der Waals surface area contributed by atoms with Crippen LogP contribution in [0.5, 0.6) is 0 Å². The number of hydrogen-bond acceptors (Lipinski definition) is 7. The van der Waals surface area contributed by atoms with Gasteiger partial charge in [0.05, 0.1) is 5.69 Å². The van der Waals surface area contributed by atoms with E-state index in [1.807, 2.05) is 30.7 Å². The Morgan fingerprint density at radius 2 is 1.81 bits per heavy atom. The van der Waals surface area contributed by atoms with Gasteiger partial charge >= 0.3 is 0 Å². The average molecular weight is 364 g/mol. The van der Waals surface area contributed by atoms with Crippen molar-refractivity contribution in [2.45, 2.75) is 46.6 Å². The lowest BCUT2D eigenvalue weighted by molar-refractivity contribution is 0.561. The van der Waals surface area contributed by atoms with E-state index < -0.39 is 0 Å². The Morgan fingerprint density at radius 1 is 1.11 bits per heavy atom. The zero-order valence-corrected chi connectivity index (χ0v) is 16.2. The first-order chi connectivity index (χ1) is 12.7. The molecule has 10 nitrogen and oxygen atoms in total. The van der Waals surface area contributed by atoms with Gasteiger partial charge in [-0.25, -0.2) is 4.68 Å². The highest BCUT2D eigenvalue weighted by atomic mass is 15.5. The van der Waals surface area contributed by atoms with Gasteiger partial charge in [0, 0.05) is 19.0 Å². The molecule has 0 saturated heterocycles. The van der Waals surface area contributed by atoms with Crippen molar-refractivity contribution in [1.29, 1.82) is 10.5 Å².